The molecule has 0 spiro atoms. The SMILES string of the molecule is Cc1ccc2[nH]c(-c3cc(F)c(F)cc3C(=O)O)nc2n1. The third kappa shape index (κ3) is 2.22. The molecular formula is C14H9F2N3O2. The van der Waals surface area contributed by atoms with Gasteiger partial charge in [-0.1, -0.05) is 0 Å². The minimum Gasteiger partial charge on any atom is -0.478 e. The third-order valence-corrected chi connectivity index (χ3v) is 3.03. The first-order chi connectivity index (χ1) is 9.95. The zero-order chi connectivity index (χ0) is 15.1. The molecule has 21 heavy (non-hydrogen) atoms. The largest absolute Gasteiger partial charge is 0.478 e. The van der Waals surface area contributed by atoms with Crippen LogP contribution in [0.3, 0.4) is 0 Å². The number of fused-ring (bicyclic) bond motifs is 1. The summed E-state index contributed by atoms with van der Waals surface area (Å²) in [5.74, 6) is -3.60. The average Bonchev–Trinajstić information content (AvgIpc) is 2.83. The molecule has 1 aromatic carbocycles. The molecule has 5 nitrogen and oxygen atoms in total. The van der Waals surface area contributed by atoms with Gasteiger partial charge >= 0.3 is 5.97 Å². The molecule has 0 saturated heterocycles. The van der Waals surface area contributed by atoms with Gasteiger partial charge < -0.3 is 10.1 Å². The van der Waals surface area contributed by atoms with Gasteiger partial charge in [0.1, 0.15) is 5.82 Å². The minimum atomic E-state index is -1.37. The van der Waals surface area contributed by atoms with Crippen LogP contribution in [-0.2, 0) is 0 Å². The number of aromatic carboxylic acids is 1. The van der Waals surface area contributed by atoms with E-state index in [0.717, 1.165) is 11.8 Å². The van der Waals surface area contributed by atoms with Gasteiger partial charge in [0.2, 0.25) is 0 Å². The smallest absolute Gasteiger partial charge is 0.336 e. The molecule has 0 amide bonds. The fourth-order valence-corrected chi connectivity index (χ4v) is 2.03. The molecule has 0 fully saturated rings. The summed E-state index contributed by atoms with van der Waals surface area (Å²) in [6.45, 7) is 1.79. The molecule has 2 N–H and O–H groups in total. The van der Waals surface area contributed by atoms with E-state index in [4.69, 9.17) is 5.11 Å². The van der Waals surface area contributed by atoms with Crippen LogP contribution in [0.5, 0.6) is 0 Å². The second-order valence-electron chi connectivity index (χ2n) is 4.53. The highest BCUT2D eigenvalue weighted by Crippen LogP contribution is 2.26. The van der Waals surface area contributed by atoms with Crippen LogP contribution < -0.4 is 0 Å². The Kier molecular flexibility index (Phi) is 2.90. The predicted octanol–water partition coefficient (Wildman–Crippen LogP) is 2.91. The van der Waals surface area contributed by atoms with Gasteiger partial charge in [-0.3, -0.25) is 0 Å². The summed E-state index contributed by atoms with van der Waals surface area (Å²) >= 11 is 0. The Balaban J connectivity index is 2.26. The maximum Gasteiger partial charge on any atom is 0.336 e. The van der Waals surface area contributed by atoms with Crippen molar-refractivity contribution in [2.24, 2.45) is 0 Å². The van der Waals surface area contributed by atoms with Gasteiger partial charge in [-0.15, -0.1) is 0 Å². The van der Waals surface area contributed by atoms with Crippen molar-refractivity contribution >= 4 is 17.1 Å². The molecule has 2 aromatic heterocycles. The van der Waals surface area contributed by atoms with Crippen LogP contribution >= 0.6 is 0 Å². The number of hydrogen-bond acceptors (Lipinski definition) is 3. The van der Waals surface area contributed by atoms with Gasteiger partial charge in [0.25, 0.3) is 0 Å². The summed E-state index contributed by atoms with van der Waals surface area (Å²) in [7, 11) is 0. The summed E-state index contributed by atoms with van der Waals surface area (Å²) in [5, 5.41) is 9.11. The quantitative estimate of drug-likeness (QED) is 0.760. The van der Waals surface area contributed by atoms with Crippen LogP contribution in [0, 0.1) is 18.6 Å². The van der Waals surface area contributed by atoms with Crippen LogP contribution in [0.15, 0.2) is 24.3 Å². The lowest BCUT2D eigenvalue weighted by molar-refractivity contribution is 0.0697. The van der Waals surface area contributed by atoms with Crippen LogP contribution in [0.4, 0.5) is 8.78 Å². The number of carboxylic acid groups (broad SMARTS) is 1. The summed E-state index contributed by atoms with van der Waals surface area (Å²) in [4.78, 5) is 22.4. The van der Waals surface area contributed by atoms with Gasteiger partial charge in [-0.05, 0) is 31.2 Å². The number of imidazole rings is 1. The molecule has 0 saturated carbocycles. The van der Waals surface area contributed by atoms with Crippen molar-refractivity contribution in [1.29, 1.82) is 0 Å². The lowest BCUT2D eigenvalue weighted by Gasteiger charge is -2.04. The summed E-state index contributed by atoms with van der Waals surface area (Å²) in [6, 6.07) is 4.93. The zero-order valence-electron chi connectivity index (χ0n) is 10.8. The van der Waals surface area contributed by atoms with Crippen molar-refractivity contribution in [3.8, 4) is 11.4 Å². The number of carboxylic acids is 1. The van der Waals surface area contributed by atoms with Gasteiger partial charge in [-0.2, -0.15) is 0 Å². The molecule has 0 bridgehead atoms. The van der Waals surface area contributed by atoms with E-state index >= 15 is 0 Å². The molecule has 3 rings (SSSR count). The van der Waals surface area contributed by atoms with Crippen LogP contribution in [0.2, 0.25) is 0 Å². The third-order valence-electron chi connectivity index (χ3n) is 3.03. The molecule has 0 atom stereocenters. The number of nitrogens with zero attached hydrogens (tertiary/aromatic N) is 2. The van der Waals surface area contributed by atoms with E-state index in [1.165, 1.54) is 0 Å². The van der Waals surface area contributed by atoms with E-state index in [2.05, 4.69) is 15.0 Å². The molecule has 3 aromatic rings. The van der Waals surface area contributed by atoms with Crippen LogP contribution in [0.25, 0.3) is 22.6 Å². The zero-order valence-corrected chi connectivity index (χ0v) is 10.8. The van der Waals surface area contributed by atoms with E-state index in [0.29, 0.717) is 17.2 Å². The summed E-state index contributed by atoms with van der Waals surface area (Å²) in [5.41, 5.74) is 1.30. The van der Waals surface area contributed by atoms with E-state index in [-0.39, 0.29) is 17.0 Å². The summed E-state index contributed by atoms with van der Waals surface area (Å²) in [6.07, 6.45) is 0. The highest BCUT2D eigenvalue weighted by Gasteiger charge is 2.19. The molecule has 7 heteroatoms. The molecular weight excluding hydrogens is 280 g/mol. The number of pyridine rings is 1. The van der Waals surface area contributed by atoms with Gasteiger partial charge in [0, 0.05) is 11.3 Å². The van der Waals surface area contributed by atoms with Crippen molar-refractivity contribution in [3.63, 3.8) is 0 Å². The molecule has 0 radical (unpaired) electrons. The lowest BCUT2D eigenvalue weighted by Crippen LogP contribution is -2.03. The number of benzene rings is 1. The predicted molar refractivity (Wildman–Crippen MR) is 70.9 cm³/mol. The fourth-order valence-electron chi connectivity index (χ4n) is 2.03. The molecule has 106 valence electrons. The van der Waals surface area contributed by atoms with Crippen LogP contribution in [-0.4, -0.2) is 26.0 Å². The molecule has 0 aliphatic rings. The summed E-state index contributed by atoms with van der Waals surface area (Å²) < 4.78 is 26.6. The number of nitrogens with one attached hydrogen (secondary N) is 1. The molecule has 0 aliphatic heterocycles. The van der Waals surface area contributed by atoms with Gasteiger partial charge in [0.05, 0.1) is 11.1 Å². The second-order valence-corrected chi connectivity index (χ2v) is 4.53. The number of aromatic amines is 1. The molecule has 0 unspecified atom stereocenters. The first-order valence-corrected chi connectivity index (χ1v) is 6.02. The molecule has 0 aliphatic carbocycles. The standard InChI is InChI=1S/C14H9F2N3O2/c1-6-2-3-11-13(17-6)19-12(18-11)7-4-9(15)10(16)5-8(7)14(20)21/h2-5H,1H3,(H,20,21)(H,17,18,19). The maximum absolute atomic E-state index is 13.4. The Morgan fingerprint density at radius 1 is 1.19 bits per heavy atom. The van der Waals surface area contributed by atoms with Gasteiger partial charge in [0.15, 0.2) is 17.3 Å². The van der Waals surface area contributed by atoms with E-state index in [9.17, 15) is 13.6 Å². The second kappa shape index (κ2) is 4.62. The Morgan fingerprint density at radius 3 is 2.62 bits per heavy atom. The number of H-pyrrole nitrogens is 1. The Morgan fingerprint density at radius 2 is 1.90 bits per heavy atom. The normalized spacial score (nSPS) is 11.0. The fraction of sp³-hybridized carbons (Fsp3) is 0.0714. The maximum atomic E-state index is 13.4. The Labute approximate surface area is 117 Å². The Hall–Kier alpha value is -2.83. The van der Waals surface area contributed by atoms with E-state index in [1.54, 1.807) is 19.1 Å². The number of aryl methyl sites for hydroxylation is 1. The number of hydrogen-bond donors (Lipinski definition) is 2. The van der Waals surface area contributed by atoms with Crippen molar-refractivity contribution in [1.82, 2.24) is 15.0 Å². The monoisotopic (exact) mass is 289 g/mol. The highest BCUT2D eigenvalue weighted by atomic mass is 19.2. The van der Waals surface area contributed by atoms with Crippen molar-refractivity contribution < 1.29 is 18.7 Å². The van der Waals surface area contributed by atoms with Crippen molar-refractivity contribution in [2.75, 3.05) is 0 Å². The van der Waals surface area contributed by atoms with Crippen molar-refractivity contribution in [3.05, 3.63) is 47.2 Å². The van der Waals surface area contributed by atoms with Gasteiger partial charge in [-0.25, -0.2) is 23.5 Å². The lowest BCUT2D eigenvalue weighted by atomic mass is 10.1. The first kappa shape index (κ1) is 13.2. The Bertz CT molecular complexity index is 874. The minimum absolute atomic E-state index is 0.0305. The molecule has 2 heterocycles. The topological polar surface area (TPSA) is 78.9 Å². The van der Waals surface area contributed by atoms with E-state index in [1.807, 2.05) is 0 Å². The number of aromatic nitrogens is 3. The van der Waals surface area contributed by atoms with E-state index < -0.39 is 17.6 Å². The number of carbonyl (C=O) groups is 1. The van der Waals surface area contributed by atoms with Crippen LogP contribution in [0.1, 0.15) is 16.1 Å². The highest BCUT2D eigenvalue weighted by molar-refractivity contribution is 5.95. The van der Waals surface area contributed by atoms with Crippen molar-refractivity contribution in [2.45, 2.75) is 6.92 Å². The number of rotatable bonds is 2. The first-order valence-electron chi connectivity index (χ1n) is 6.02. The number of halogens is 2. The average molecular weight is 289 g/mol.